The molecule has 1 aliphatic heterocycles. The molecule has 1 heterocycles. The van der Waals surface area contributed by atoms with E-state index < -0.39 is 0 Å². The van der Waals surface area contributed by atoms with Gasteiger partial charge in [-0.15, -0.1) is 0 Å². The summed E-state index contributed by atoms with van der Waals surface area (Å²) in [6.07, 6.45) is 4.61. The lowest BCUT2D eigenvalue weighted by Gasteiger charge is -2.49. The highest BCUT2D eigenvalue weighted by Crippen LogP contribution is 2.29. The van der Waals surface area contributed by atoms with Crippen molar-refractivity contribution < 1.29 is 4.74 Å². The quantitative estimate of drug-likeness (QED) is 0.755. The maximum Gasteiger partial charge on any atom is 0.0760 e. The summed E-state index contributed by atoms with van der Waals surface area (Å²) >= 11 is 1.92. The molecule has 4 heteroatoms. The van der Waals surface area contributed by atoms with E-state index in [1.807, 2.05) is 11.8 Å². The summed E-state index contributed by atoms with van der Waals surface area (Å²) < 4.78 is 6.13. The summed E-state index contributed by atoms with van der Waals surface area (Å²) in [6, 6.07) is 0.500. The van der Waals surface area contributed by atoms with E-state index in [9.17, 15) is 0 Å². The zero-order valence-electron chi connectivity index (χ0n) is 12.7. The first-order chi connectivity index (χ1) is 8.29. The monoisotopic (exact) mass is 274 g/mol. The van der Waals surface area contributed by atoms with Gasteiger partial charge in [0, 0.05) is 25.7 Å². The molecule has 0 amide bonds. The summed E-state index contributed by atoms with van der Waals surface area (Å²) in [5.41, 5.74) is 5.82. The first kappa shape index (κ1) is 16.3. The molecule has 0 aromatic carbocycles. The third-order valence-electron chi connectivity index (χ3n) is 3.39. The van der Waals surface area contributed by atoms with Crippen LogP contribution in [-0.2, 0) is 4.74 Å². The Kier molecular flexibility index (Phi) is 5.97. The fraction of sp³-hybridized carbons (Fsp3) is 1.00. The number of hydrogen-bond acceptors (Lipinski definition) is 4. The standard InChI is InChI=1S/C14H30N2OS/c1-13(2)10-16(11-14(3,4)17-13)12(9-15)7-6-8-18-5/h12H,6-11,15H2,1-5H3. The first-order valence-electron chi connectivity index (χ1n) is 6.93. The van der Waals surface area contributed by atoms with Gasteiger partial charge in [0.05, 0.1) is 11.2 Å². The largest absolute Gasteiger partial charge is 0.367 e. The Morgan fingerprint density at radius 2 is 1.78 bits per heavy atom. The number of hydrogen-bond donors (Lipinski definition) is 1. The van der Waals surface area contributed by atoms with Crippen molar-refractivity contribution in [2.45, 2.75) is 57.8 Å². The molecule has 0 aromatic heterocycles. The number of morpholine rings is 1. The molecule has 1 atom stereocenters. The lowest BCUT2D eigenvalue weighted by molar-refractivity contribution is -0.187. The van der Waals surface area contributed by atoms with Gasteiger partial charge in [0.15, 0.2) is 0 Å². The minimum Gasteiger partial charge on any atom is -0.367 e. The van der Waals surface area contributed by atoms with Crippen LogP contribution in [0.4, 0.5) is 0 Å². The second-order valence-electron chi connectivity index (χ2n) is 6.55. The molecular weight excluding hydrogens is 244 g/mol. The van der Waals surface area contributed by atoms with E-state index in [-0.39, 0.29) is 11.2 Å². The minimum atomic E-state index is -0.0747. The molecule has 1 aliphatic rings. The zero-order valence-corrected chi connectivity index (χ0v) is 13.5. The average molecular weight is 274 g/mol. The van der Waals surface area contributed by atoms with Crippen LogP contribution < -0.4 is 5.73 Å². The Balaban J connectivity index is 2.61. The summed E-state index contributed by atoms with van der Waals surface area (Å²) in [6.45, 7) is 11.4. The van der Waals surface area contributed by atoms with E-state index in [1.165, 1.54) is 18.6 Å². The van der Waals surface area contributed by atoms with Gasteiger partial charge in [0.2, 0.25) is 0 Å². The van der Waals surface area contributed by atoms with E-state index in [0.717, 1.165) is 19.6 Å². The molecule has 0 spiro atoms. The molecule has 18 heavy (non-hydrogen) atoms. The van der Waals surface area contributed by atoms with Gasteiger partial charge in [-0.3, -0.25) is 4.90 Å². The van der Waals surface area contributed by atoms with Crippen LogP contribution in [0.3, 0.4) is 0 Å². The third-order valence-corrected chi connectivity index (χ3v) is 4.09. The van der Waals surface area contributed by atoms with Crippen molar-refractivity contribution in [1.29, 1.82) is 0 Å². The fourth-order valence-corrected chi connectivity index (χ4v) is 3.47. The number of ether oxygens (including phenoxy) is 1. The number of nitrogens with two attached hydrogens (primary N) is 1. The topological polar surface area (TPSA) is 38.5 Å². The predicted octanol–water partition coefficient (Wildman–Crippen LogP) is 2.35. The number of thioether (sulfide) groups is 1. The number of rotatable bonds is 6. The van der Waals surface area contributed by atoms with Crippen LogP contribution in [0.2, 0.25) is 0 Å². The smallest absolute Gasteiger partial charge is 0.0760 e. The Morgan fingerprint density at radius 3 is 2.22 bits per heavy atom. The second-order valence-corrected chi connectivity index (χ2v) is 7.54. The fourth-order valence-electron chi connectivity index (χ4n) is 3.02. The minimum absolute atomic E-state index is 0.0747. The Bertz CT molecular complexity index is 240. The van der Waals surface area contributed by atoms with E-state index in [2.05, 4.69) is 38.9 Å². The molecule has 1 rings (SSSR count). The summed E-state index contributed by atoms with van der Waals surface area (Å²) in [4.78, 5) is 2.53. The Labute approximate surface area is 117 Å². The molecule has 0 aromatic rings. The van der Waals surface area contributed by atoms with Crippen LogP contribution in [-0.4, -0.2) is 53.8 Å². The molecular formula is C14H30N2OS. The number of nitrogens with zero attached hydrogens (tertiary/aromatic N) is 1. The average Bonchev–Trinajstić information content (AvgIpc) is 2.20. The van der Waals surface area contributed by atoms with E-state index in [4.69, 9.17) is 10.5 Å². The van der Waals surface area contributed by atoms with E-state index >= 15 is 0 Å². The lowest BCUT2D eigenvalue weighted by atomic mass is 9.96. The Morgan fingerprint density at radius 1 is 1.22 bits per heavy atom. The highest BCUT2D eigenvalue weighted by atomic mass is 32.2. The van der Waals surface area contributed by atoms with Gasteiger partial charge in [-0.1, -0.05) is 0 Å². The first-order valence-corrected chi connectivity index (χ1v) is 8.32. The van der Waals surface area contributed by atoms with Crippen molar-refractivity contribution in [1.82, 2.24) is 4.90 Å². The second kappa shape index (κ2) is 6.60. The lowest BCUT2D eigenvalue weighted by Crippen LogP contribution is -2.60. The van der Waals surface area contributed by atoms with Crippen LogP contribution in [0.5, 0.6) is 0 Å². The van der Waals surface area contributed by atoms with Crippen molar-refractivity contribution in [3.8, 4) is 0 Å². The summed E-state index contributed by atoms with van der Waals surface area (Å²) in [5.74, 6) is 1.23. The SMILES string of the molecule is CSCCCC(CN)N1CC(C)(C)OC(C)(C)C1. The predicted molar refractivity (Wildman–Crippen MR) is 81.3 cm³/mol. The van der Waals surface area contributed by atoms with Gasteiger partial charge in [-0.25, -0.2) is 0 Å². The van der Waals surface area contributed by atoms with Crippen molar-refractivity contribution in [3.05, 3.63) is 0 Å². The highest BCUT2D eigenvalue weighted by Gasteiger charge is 2.39. The van der Waals surface area contributed by atoms with E-state index in [1.54, 1.807) is 0 Å². The highest BCUT2D eigenvalue weighted by molar-refractivity contribution is 7.98. The Hall–Kier alpha value is 0.230. The van der Waals surface area contributed by atoms with Gasteiger partial charge in [0.1, 0.15) is 0 Å². The van der Waals surface area contributed by atoms with Gasteiger partial charge in [-0.05, 0) is 52.5 Å². The van der Waals surface area contributed by atoms with Crippen molar-refractivity contribution in [2.24, 2.45) is 5.73 Å². The maximum atomic E-state index is 6.13. The summed E-state index contributed by atoms with van der Waals surface area (Å²) in [5, 5.41) is 0. The van der Waals surface area contributed by atoms with Crippen LogP contribution in [0.15, 0.2) is 0 Å². The molecule has 0 saturated carbocycles. The van der Waals surface area contributed by atoms with Crippen molar-refractivity contribution >= 4 is 11.8 Å². The molecule has 1 fully saturated rings. The maximum absolute atomic E-state index is 6.13. The van der Waals surface area contributed by atoms with E-state index in [0.29, 0.717) is 6.04 Å². The molecule has 3 nitrogen and oxygen atoms in total. The van der Waals surface area contributed by atoms with Crippen LogP contribution in [0.25, 0.3) is 0 Å². The van der Waals surface area contributed by atoms with Gasteiger partial charge >= 0.3 is 0 Å². The van der Waals surface area contributed by atoms with Crippen LogP contribution in [0.1, 0.15) is 40.5 Å². The molecule has 108 valence electrons. The van der Waals surface area contributed by atoms with Gasteiger partial charge in [0.25, 0.3) is 0 Å². The van der Waals surface area contributed by atoms with Crippen molar-refractivity contribution in [3.63, 3.8) is 0 Å². The van der Waals surface area contributed by atoms with Crippen LogP contribution >= 0.6 is 11.8 Å². The molecule has 0 bridgehead atoms. The molecule has 1 unspecified atom stereocenters. The molecule has 1 saturated heterocycles. The normalized spacial score (nSPS) is 25.0. The van der Waals surface area contributed by atoms with Crippen molar-refractivity contribution in [2.75, 3.05) is 31.6 Å². The third kappa shape index (κ3) is 5.08. The van der Waals surface area contributed by atoms with Crippen LogP contribution in [0, 0.1) is 0 Å². The molecule has 2 N–H and O–H groups in total. The van der Waals surface area contributed by atoms with Gasteiger partial charge < -0.3 is 10.5 Å². The molecule has 0 aliphatic carbocycles. The zero-order chi connectivity index (χ0) is 13.8. The summed E-state index contributed by atoms with van der Waals surface area (Å²) in [7, 11) is 0. The van der Waals surface area contributed by atoms with Gasteiger partial charge in [-0.2, -0.15) is 11.8 Å². The molecule has 0 radical (unpaired) electrons.